The van der Waals surface area contributed by atoms with Crippen LogP contribution in [0.25, 0.3) is 0 Å². The molecule has 4 heterocycles. The van der Waals surface area contributed by atoms with E-state index in [9.17, 15) is 27.5 Å². The molecule has 1 aromatic rings. The summed E-state index contributed by atoms with van der Waals surface area (Å²) in [7, 11) is -1.88. The number of nitrogens with zero attached hydrogens (tertiary/aromatic N) is 4. The molecule has 206 valence electrons. The molecular weight excluding hydrogens is 517 g/mol. The van der Waals surface area contributed by atoms with Crippen LogP contribution in [0.5, 0.6) is 5.75 Å². The number of hydrogen-bond donors (Lipinski definition) is 2. The number of aromatic hydroxyl groups is 1. The third-order valence-electron chi connectivity index (χ3n) is 7.67. The summed E-state index contributed by atoms with van der Waals surface area (Å²) in [6.45, 7) is 2.43. The number of piperazine rings is 1. The molecule has 2 N–H and O–H groups in total. The Morgan fingerprint density at radius 1 is 1.29 bits per heavy atom. The van der Waals surface area contributed by atoms with Crippen molar-refractivity contribution >= 4 is 27.8 Å². The third kappa shape index (κ3) is 5.07. The van der Waals surface area contributed by atoms with E-state index in [1.165, 1.54) is 34.3 Å². The van der Waals surface area contributed by atoms with E-state index in [0.717, 1.165) is 0 Å². The first-order valence-electron chi connectivity index (χ1n) is 12.7. The minimum absolute atomic E-state index is 0.0551. The first-order valence-corrected chi connectivity index (χ1v) is 14.5. The lowest BCUT2D eigenvalue weighted by atomic mass is 9.83. The number of allylic oxidation sites excluding steroid dienone is 4. The Bertz CT molecular complexity index is 1380. The highest BCUT2D eigenvalue weighted by Gasteiger charge is 2.42. The van der Waals surface area contributed by atoms with Crippen LogP contribution in [-0.2, 0) is 21.3 Å². The van der Waals surface area contributed by atoms with Gasteiger partial charge in [-0.1, -0.05) is 6.08 Å². The number of halogens is 1. The zero-order valence-corrected chi connectivity index (χ0v) is 22.2. The van der Waals surface area contributed by atoms with Crippen LogP contribution in [0.2, 0.25) is 0 Å². The molecule has 0 saturated carbocycles. The van der Waals surface area contributed by atoms with Crippen LogP contribution in [0, 0.1) is 11.8 Å². The number of rotatable bonds is 6. The molecule has 0 radical (unpaired) electrons. The van der Waals surface area contributed by atoms with Crippen molar-refractivity contribution in [3.63, 3.8) is 0 Å². The van der Waals surface area contributed by atoms with Crippen molar-refractivity contribution in [3.8, 4) is 5.75 Å². The second-order valence-corrected chi connectivity index (χ2v) is 12.2. The number of nitrogens with one attached hydrogen (secondary N) is 1. The van der Waals surface area contributed by atoms with Gasteiger partial charge in [-0.2, -0.15) is 4.31 Å². The van der Waals surface area contributed by atoms with Gasteiger partial charge in [-0.25, -0.2) is 12.8 Å². The molecule has 4 atom stereocenters. The third-order valence-corrected chi connectivity index (χ3v) is 8.97. The second kappa shape index (κ2) is 10.4. The molecule has 4 aliphatic rings. The van der Waals surface area contributed by atoms with Crippen molar-refractivity contribution in [3.05, 3.63) is 45.7 Å². The zero-order valence-electron chi connectivity index (χ0n) is 21.3. The summed E-state index contributed by atoms with van der Waals surface area (Å²) in [5, 5.41) is 13.3. The van der Waals surface area contributed by atoms with E-state index < -0.39 is 39.4 Å². The summed E-state index contributed by atoms with van der Waals surface area (Å²) in [6.07, 6.45) is 7.80. The summed E-state index contributed by atoms with van der Waals surface area (Å²) < 4.78 is 46.8. The molecule has 11 nitrogen and oxygen atoms in total. The van der Waals surface area contributed by atoms with Crippen molar-refractivity contribution in [1.82, 2.24) is 19.1 Å². The van der Waals surface area contributed by atoms with Crippen molar-refractivity contribution in [1.29, 1.82) is 0 Å². The fourth-order valence-electron chi connectivity index (χ4n) is 5.69. The van der Waals surface area contributed by atoms with Gasteiger partial charge in [0.25, 0.3) is 11.5 Å². The van der Waals surface area contributed by atoms with E-state index in [4.69, 9.17) is 4.74 Å². The van der Waals surface area contributed by atoms with Gasteiger partial charge >= 0.3 is 0 Å². The molecule has 0 aromatic carbocycles. The van der Waals surface area contributed by atoms with Crippen LogP contribution in [-0.4, -0.2) is 91.5 Å². The Labute approximate surface area is 220 Å². The predicted molar refractivity (Wildman–Crippen MR) is 139 cm³/mol. The average molecular weight is 550 g/mol. The van der Waals surface area contributed by atoms with Gasteiger partial charge in [0.05, 0.1) is 24.6 Å². The van der Waals surface area contributed by atoms with Gasteiger partial charge in [0.15, 0.2) is 5.75 Å². The number of sulfonamides is 1. The number of aromatic nitrogens is 1. The minimum Gasteiger partial charge on any atom is -0.505 e. The molecule has 38 heavy (non-hydrogen) atoms. The largest absolute Gasteiger partial charge is 0.505 e. The highest BCUT2D eigenvalue weighted by molar-refractivity contribution is 7.88. The van der Waals surface area contributed by atoms with Crippen molar-refractivity contribution in [2.45, 2.75) is 31.6 Å². The first-order chi connectivity index (χ1) is 18.1. The molecule has 13 heteroatoms. The van der Waals surface area contributed by atoms with Gasteiger partial charge in [-0.05, 0) is 30.9 Å². The van der Waals surface area contributed by atoms with Crippen LogP contribution in [0.1, 0.15) is 35.0 Å². The van der Waals surface area contributed by atoms with Crippen LogP contribution in [0.4, 0.5) is 10.1 Å². The maximum absolute atomic E-state index is 13.5. The number of carbonyl (C=O) groups excluding carboxylic acids is 1. The van der Waals surface area contributed by atoms with Gasteiger partial charge in [-0.3, -0.25) is 19.5 Å². The summed E-state index contributed by atoms with van der Waals surface area (Å²) >= 11 is 0. The maximum Gasteiger partial charge on any atom is 0.267 e. The maximum atomic E-state index is 13.5. The normalized spacial score (nSPS) is 27.6. The number of pyridine rings is 1. The van der Waals surface area contributed by atoms with Crippen LogP contribution in [0.3, 0.4) is 0 Å². The molecule has 5 rings (SSSR count). The van der Waals surface area contributed by atoms with Crippen molar-refractivity contribution in [2.24, 2.45) is 16.8 Å². The number of ether oxygens (including phenoxy) is 1. The van der Waals surface area contributed by atoms with Crippen LogP contribution in [0.15, 0.2) is 33.8 Å². The molecule has 1 aromatic heterocycles. The SMILES string of the molecule is CNC(=O)c1c(O)c2c3n(c1=O)CC(CN1CCN(S(C)(=O)=O)CC1)OC3C(CC1C=CC(F)=CC1)C=N2. The Morgan fingerprint density at radius 2 is 2.03 bits per heavy atom. The Hall–Kier alpha value is -2.87. The molecule has 1 saturated heterocycles. The highest BCUT2D eigenvalue weighted by atomic mass is 32.2. The molecular formula is C25H32FN5O6S. The molecule has 1 fully saturated rings. The van der Waals surface area contributed by atoms with E-state index in [1.807, 2.05) is 6.08 Å². The Balaban J connectivity index is 1.45. The monoisotopic (exact) mass is 549 g/mol. The van der Waals surface area contributed by atoms with Gasteiger partial charge < -0.3 is 19.7 Å². The van der Waals surface area contributed by atoms with Gasteiger partial charge in [0.1, 0.15) is 23.2 Å². The number of aliphatic imine (C=N–C) groups is 1. The average Bonchev–Trinajstić information content (AvgIpc) is 2.88. The van der Waals surface area contributed by atoms with Crippen LogP contribution >= 0.6 is 0 Å². The lowest BCUT2D eigenvalue weighted by Gasteiger charge is -2.42. The lowest BCUT2D eigenvalue weighted by molar-refractivity contribution is -0.0807. The fourth-order valence-corrected chi connectivity index (χ4v) is 6.52. The van der Waals surface area contributed by atoms with E-state index in [1.54, 1.807) is 6.21 Å². The fraction of sp³-hybridized carbons (Fsp3) is 0.560. The molecule has 0 spiro atoms. The Kier molecular flexibility index (Phi) is 7.29. The second-order valence-electron chi connectivity index (χ2n) is 10.2. The quantitative estimate of drug-likeness (QED) is 0.543. The molecule has 4 unspecified atom stereocenters. The van der Waals surface area contributed by atoms with E-state index in [0.29, 0.717) is 51.3 Å². The standard InChI is InChI=1S/C25H32FN5O6S/c1-27-24(33)19-22(32)20-21-23(16(12-28-20)11-15-3-5-17(26)6-4-15)37-18(14-31(21)25(19)34)13-29-7-9-30(10-8-29)38(2,35)36/h3,5-6,12,15-16,18,23,32H,4,7-11,13-14H2,1-2H3,(H,27,33). The Morgan fingerprint density at radius 3 is 2.66 bits per heavy atom. The zero-order chi connectivity index (χ0) is 27.2. The first kappa shape index (κ1) is 26.7. The van der Waals surface area contributed by atoms with Gasteiger partial charge in [0.2, 0.25) is 10.0 Å². The van der Waals surface area contributed by atoms with E-state index in [2.05, 4.69) is 15.2 Å². The van der Waals surface area contributed by atoms with Crippen molar-refractivity contribution in [2.75, 3.05) is 46.0 Å². The lowest BCUT2D eigenvalue weighted by Crippen LogP contribution is -2.52. The number of hydrogen-bond acceptors (Lipinski definition) is 8. The predicted octanol–water partition coefficient (Wildman–Crippen LogP) is 1.08. The summed E-state index contributed by atoms with van der Waals surface area (Å²) in [5.74, 6) is -1.63. The molecule has 0 bridgehead atoms. The van der Waals surface area contributed by atoms with E-state index in [-0.39, 0.29) is 35.5 Å². The minimum atomic E-state index is -3.26. The van der Waals surface area contributed by atoms with Crippen molar-refractivity contribution < 1.29 is 27.4 Å². The molecule has 3 aliphatic heterocycles. The summed E-state index contributed by atoms with van der Waals surface area (Å²) in [6, 6.07) is 0. The molecule has 1 aliphatic carbocycles. The molecule has 1 amide bonds. The highest BCUT2D eigenvalue weighted by Crippen LogP contribution is 2.46. The topological polar surface area (TPSA) is 134 Å². The number of carbonyl (C=O) groups is 1. The van der Waals surface area contributed by atoms with Gasteiger partial charge in [0, 0.05) is 51.9 Å². The summed E-state index contributed by atoms with van der Waals surface area (Å²) in [4.78, 5) is 32.5. The number of amides is 1. The van der Waals surface area contributed by atoms with Gasteiger partial charge in [-0.15, -0.1) is 0 Å². The van der Waals surface area contributed by atoms with Crippen LogP contribution < -0.4 is 10.9 Å². The smallest absolute Gasteiger partial charge is 0.267 e. The van der Waals surface area contributed by atoms with E-state index >= 15 is 0 Å². The summed E-state index contributed by atoms with van der Waals surface area (Å²) in [5.41, 5.74) is -0.389.